The molecular weight excluding hydrogens is 293 g/mol. The van der Waals surface area contributed by atoms with Crippen LogP contribution >= 0.6 is 11.3 Å². The summed E-state index contributed by atoms with van der Waals surface area (Å²) in [6.45, 7) is 1.73. The molecule has 1 aromatic heterocycles. The third-order valence-corrected chi connectivity index (χ3v) is 3.50. The van der Waals surface area contributed by atoms with E-state index in [0.29, 0.717) is 12.1 Å². The zero-order chi connectivity index (χ0) is 14.9. The fourth-order valence-electron chi connectivity index (χ4n) is 1.55. The van der Waals surface area contributed by atoms with Crippen molar-refractivity contribution in [3.8, 4) is 0 Å². The van der Waals surface area contributed by atoms with E-state index >= 15 is 0 Å². The fraction of sp³-hybridized carbons (Fsp3) is 0.167. The fourth-order valence-corrected chi connectivity index (χ4v) is 2.45. The Morgan fingerprint density at radius 3 is 2.60 bits per heavy atom. The Balaban J connectivity index is 2.36. The Kier molecular flexibility index (Phi) is 3.93. The summed E-state index contributed by atoms with van der Waals surface area (Å²) in [4.78, 5) is 15.0. The number of aryl methyl sites for hydroxylation is 1. The van der Waals surface area contributed by atoms with Gasteiger partial charge >= 0.3 is 5.97 Å². The Labute approximate surface area is 115 Å². The topological polar surface area (TPSA) is 62.2 Å². The van der Waals surface area contributed by atoms with Crippen LogP contribution in [0.4, 0.5) is 24.0 Å². The Morgan fingerprint density at radius 2 is 2.05 bits per heavy atom. The van der Waals surface area contributed by atoms with Crippen molar-refractivity contribution in [2.24, 2.45) is 0 Å². The average Bonchev–Trinajstić information content (AvgIpc) is 2.83. The highest BCUT2D eigenvalue weighted by Crippen LogP contribution is 2.28. The number of halogens is 3. The van der Waals surface area contributed by atoms with Crippen molar-refractivity contribution < 1.29 is 23.1 Å². The maximum Gasteiger partial charge on any atom is 0.347 e. The predicted molar refractivity (Wildman–Crippen MR) is 68.1 cm³/mol. The van der Waals surface area contributed by atoms with Crippen molar-refractivity contribution in [2.45, 2.75) is 13.3 Å². The molecule has 2 aromatic rings. The first kappa shape index (κ1) is 14.3. The van der Waals surface area contributed by atoms with Crippen LogP contribution in [0.25, 0.3) is 0 Å². The predicted octanol–water partition coefficient (Wildman–Crippen LogP) is 3.56. The van der Waals surface area contributed by atoms with Gasteiger partial charge in [0.2, 0.25) is 0 Å². The molecule has 0 aliphatic rings. The number of nitrogens with one attached hydrogen (secondary N) is 1. The van der Waals surface area contributed by atoms with Crippen LogP contribution < -0.4 is 5.32 Å². The molecule has 1 aromatic carbocycles. The van der Waals surface area contributed by atoms with Crippen LogP contribution in [0.3, 0.4) is 0 Å². The minimum absolute atomic E-state index is 0.0259. The van der Waals surface area contributed by atoms with Crippen molar-refractivity contribution in [1.82, 2.24) is 4.98 Å². The summed E-state index contributed by atoms with van der Waals surface area (Å²) in [5.41, 5.74) is 0.0326. The quantitative estimate of drug-likeness (QED) is 0.848. The molecule has 0 atom stereocenters. The number of benzene rings is 1. The molecular formula is C12H9F3N2O2S. The lowest BCUT2D eigenvalue weighted by atomic mass is 10.3. The average molecular weight is 302 g/mol. The van der Waals surface area contributed by atoms with Gasteiger partial charge in [0.05, 0.1) is 11.4 Å². The van der Waals surface area contributed by atoms with Gasteiger partial charge in [0.15, 0.2) is 22.6 Å². The van der Waals surface area contributed by atoms with Crippen LogP contribution in [0.2, 0.25) is 0 Å². The van der Waals surface area contributed by atoms with Crippen LogP contribution in [0.1, 0.15) is 22.3 Å². The molecule has 8 heteroatoms. The molecule has 0 fully saturated rings. The molecule has 2 rings (SSSR count). The summed E-state index contributed by atoms with van der Waals surface area (Å²) in [6.07, 6.45) is 0.389. The molecule has 20 heavy (non-hydrogen) atoms. The minimum Gasteiger partial charge on any atom is -0.477 e. The molecule has 0 aliphatic carbocycles. The molecule has 2 N–H and O–H groups in total. The highest BCUT2D eigenvalue weighted by molar-refractivity contribution is 7.17. The van der Waals surface area contributed by atoms with E-state index in [4.69, 9.17) is 5.11 Å². The van der Waals surface area contributed by atoms with Gasteiger partial charge in [-0.15, -0.1) is 0 Å². The van der Waals surface area contributed by atoms with Crippen LogP contribution in [0, 0.1) is 17.5 Å². The molecule has 0 bridgehead atoms. The number of thiazole rings is 1. The largest absolute Gasteiger partial charge is 0.477 e. The molecule has 0 amide bonds. The molecule has 0 aliphatic heterocycles. The molecule has 0 saturated carbocycles. The minimum atomic E-state index is -1.60. The van der Waals surface area contributed by atoms with E-state index in [9.17, 15) is 18.0 Å². The highest BCUT2D eigenvalue weighted by Gasteiger charge is 2.18. The third kappa shape index (κ3) is 2.60. The lowest BCUT2D eigenvalue weighted by Crippen LogP contribution is -1.98. The smallest absolute Gasteiger partial charge is 0.347 e. The number of carboxylic acids is 1. The van der Waals surface area contributed by atoms with Gasteiger partial charge in [-0.2, -0.15) is 0 Å². The number of anilines is 2. The second-order valence-corrected chi connectivity index (χ2v) is 4.80. The number of carbonyl (C=O) groups is 1. The zero-order valence-corrected chi connectivity index (χ0v) is 11.0. The van der Waals surface area contributed by atoms with Gasteiger partial charge < -0.3 is 10.4 Å². The number of aromatic nitrogens is 1. The lowest BCUT2D eigenvalue weighted by Gasteiger charge is -2.04. The molecule has 4 nitrogen and oxygen atoms in total. The third-order valence-electron chi connectivity index (χ3n) is 2.50. The first-order valence-electron chi connectivity index (χ1n) is 5.57. The second-order valence-electron chi connectivity index (χ2n) is 3.80. The lowest BCUT2D eigenvalue weighted by molar-refractivity contribution is 0.0701. The van der Waals surface area contributed by atoms with Crippen molar-refractivity contribution in [1.29, 1.82) is 0 Å². The normalized spacial score (nSPS) is 10.6. The van der Waals surface area contributed by atoms with E-state index in [1.807, 2.05) is 0 Å². The summed E-state index contributed by atoms with van der Waals surface area (Å²) in [5, 5.41) is 11.5. The van der Waals surface area contributed by atoms with E-state index in [0.717, 1.165) is 23.5 Å². The number of nitrogens with zero attached hydrogens (tertiary/aromatic N) is 1. The number of hydrogen-bond acceptors (Lipinski definition) is 4. The number of hydrogen-bond donors (Lipinski definition) is 2. The molecule has 0 spiro atoms. The summed E-state index contributed by atoms with van der Waals surface area (Å²) in [7, 11) is 0. The van der Waals surface area contributed by atoms with Crippen LogP contribution in [0.15, 0.2) is 12.1 Å². The van der Waals surface area contributed by atoms with E-state index in [2.05, 4.69) is 10.3 Å². The second kappa shape index (κ2) is 5.49. The summed E-state index contributed by atoms with van der Waals surface area (Å²) < 4.78 is 39.3. The zero-order valence-electron chi connectivity index (χ0n) is 10.2. The van der Waals surface area contributed by atoms with Gasteiger partial charge in [0, 0.05) is 0 Å². The van der Waals surface area contributed by atoms with Crippen molar-refractivity contribution in [2.75, 3.05) is 5.32 Å². The Bertz CT molecular complexity index is 673. The van der Waals surface area contributed by atoms with E-state index in [1.54, 1.807) is 6.92 Å². The monoisotopic (exact) mass is 302 g/mol. The summed E-state index contributed by atoms with van der Waals surface area (Å²) in [5.74, 6) is -5.42. The Hall–Kier alpha value is -2.09. The van der Waals surface area contributed by atoms with Gasteiger partial charge in [0.25, 0.3) is 0 Å². The van der Waals surface area contributed by atoms with Gasteiger partial charge in [0.1, 0.15) is 4.88 Å². The summed E-state index contributed by atoms with van der Waals surface area (Å²) >= 11 is 0.801. The van der Waals surface area contributed by atoms with Crippen LogP contribution in [-0.2, 0) is 6.42 Å². The van der Waals surface area contributed by atoms with Gasteiger partial charge in [-0.3, -0.25) is 0 Å². The summed E-state index contributed by atoms with van der Waals surface area (Å²) in [6, 6.07) is 1.79. The van der Waals surface area contributed by atoms with Gasteiger partial charge in [-0.05, 0) is 18.6 Å². The van der Waals surface area contributed by atoms with Crippen molar-refractivity contribution >= 4 is 28.1 Å². The Morgan fingerprint density at radius 1 is 1.35 bits per heavy atom. The standard InChI is InChI=1S/C12H9F3N2O2S/c1-2-6-10(11(18)19)20-12(16-6)17-7-4-3-5(13)8(14)9(7)15/h3-4H,2H2,1H3,(H,16,17)(H,18,19). The van der Waals surface area contributed by atoms with Crippen LogP contribution in [0.5, 0.6) is 0 Å². The first-order chi connectivity index (χ1) is 9.43. The van der Waals surface area contributed by atoms with Crippen LogP contribution in [-0.4, -0.2) is 16.1 Å². The van der Waals surface area contributed by atoms with Gasteiger partial charge in [-0.1, -0.05) is 18.3 Å². The van der Waals surface area contributed by atoms with Crippen molar-refractivity contribution in [3.05, 3.63) is 40.2 Å². The molecule has 0 saturated heterocycles. The first-order valence-corrected chi connectivity index (χ1v) is 6.39. The highest BCUT2D eigenvalue weighted by atomic mass is 32.1. The SMILES string of the molecule is CCc1nc(Nc2ccc(F)c(F)c2F)sc1C(=O)O. The van der Waals surface area contributed by atoms with E-state index < -0.39 is 23.4 Å². The van der Waals surface area contributed by atoms with Crippen molar-refractivity contribution in [3.63, 3.8) is 0 Å². The number of aromatic carboxylic acids is 1. The maximum absolute atomic E-state index is 13.5. The molecule has 106 valence electrons. The molecule has 0 unspecified atom stereocenters. The van der Waals surface area contributed by atoms with Gasteiger partial charge in [-0.25, -0.2) is 22.9 Å². The maximum atomic E-state index is 13.5. The number of carboxylic acid groups (broad SMARTS) is 1. The van der Waals surface area contributed by atoms with E-state index in [-0.39, 0.29) is 15.7 Å². The molecule has 0 radical (unpaired) electrons. The molecule has 1 heterocycles. The number of rotatable bonds is 4. The van der Waals surface area contributed by atoms with E-state index in [1.165, 1.54) is 0 Å².